The quantitative estimate of drug-likeness (QED) is 0.128. The van der Waals surface area contributed by atoms with E-state index in [-0.39, 0.29) is 5.41 Å². The molecular weight excluding hydrogens is 1270 g/mol. The van der Waals surface area contributed by atoms with Crippen molar-refractivity contribution in [1.29, 1.82) is 0 Å². The van der Waals surface area contributed by atoms with Crippen LogP contribution in [0.25, 0.3) is 0 Å². The van der Waals surface area contributed by atoms with Crippen LogP contribution in [-0.2, 0) is 5.41 Å². The third-order valence-electron chi connectivity index (χ3n) is 20.8. The Balaban J connectivity index is 0.000000600. The van der Waals surface area contributed by atoms with Crippen LogP contribution in [0.15, 0.2) is 152 Å². The third kappa shape index (κ3) is 33.6. The van der Waals surface area contributed by atoms with Gasteiger partial charge >= 0.3 is 0 Å². The van der Waals surface area contributed by atoms with Crippen LogP contribution >= 0.6 is 0 Å². The maximum atomic E-state index is 2.40. The average Bonchev–Trinajstić information content (AvgIpc) is 0.915. The lowest BCUT2D eigenvalue weighted by molar-refractivity contribution is 0.585. The van der Waals surface area contributed by atoms with E-state index in [0.29, 0.717) is 59.2 Å². The lowest BCUT2D eigenvalue weighted by atomic mass is 9.83. The highest BCUT2D eigenvalue weighted by Gasteiger charge is 2.17. The van der Waals surface area contributed by atoms with E-state index in [9.17, 15) is 0 Å². The molecule has 106 heavy (non-hydrogen) atoms. The van der Waals surface area contributed by atoms with Gasteiger partial charge in [0.15, 0.2) is 0 Å². The minimum atomic E-state index is 0.274. The second-order valence-corrected chi connectivity index (χ2v) is 35.3. The van der Waals surface area contributed by atoms with Gasteiger partial charge in [-0.3, -0.25) is 0 Å². The van der Waals surface area contributed by atoms with Crippen LogP contribution in [0.1, 0.15) is 380 Å². The highest BCUT2D eigenvalue weighted by atomic mass is 14.2. The predicted molar refractivity (Wildman–Crippen MR) is 483 cm³/mol. The SMILES string of the molecule is Cc1c(C(C)C)cc(C(C)C)cc1C(C)C.Cc1c(C(C)C)cccc1C(C)C.Cc1cc(C(C)C)c(C)c(C(C)C)c1.Cc1cc(C)c(C)c(C)c1.Cc1ccc(C(C)C)cc1C(C)C.Cc1ccc(C)c(C(C)(C)C)c1.Cc1ccc(C)c(C(C)C)c1.Cc1ccc(C)c(C)c1.Cc1ccc(C)cc1. The number of aryl methyl sites for hydroxylation is 14. The number of hydrogen-bond acceptors (Lipinski definition) is 0. The topological polar surface area (TPSA) is 0 Å². The van der Waals surface area contributed by atoms with Gasteiger partial charge in [-0.2, -0.15) is 0 Å². The first-order valence-electron chi connectivity index (χ1n) is 40.7. The zero-order valence-corrected chi connectivity index (χ0v) is 76.2. The molecule has 582 valence electrons. The fraction of sp³-hybridized carbons (Fsp3) is 0.491. The van der Waals surface area contributed by atoms with Crippen LogP contribution < -0.4 is 0 Å². The van der Waals surface area contributed by atoms with E-state index in [1.54, 1.807) is 0 Å². The summed E-state index contributed by atoms with van der Waals surface area (Å²) in [6.45, 7) is 91.1. The molecule has 0 amide bonds. The van der Waals surface area contributed by atoms with Crippen molar-refractivity contribution in [2.75, 3.05) is 0 Å². The summed E-state index contributed by atoms with van der Waals surface area (Å²) in [6, 6.07) is 55.7. The molecule has 0 N–H and O–H groups in total. The van der Waals surface area contributed by atoms with Gasteiger partial charge in [-0.15, -0.1) is 0 Å². The van der Waals surface area contributed by atoms with Gasteiger partial charge in [-0.25, -0.2) is 0 Å². The van der Waals surface area contributed by atoms with Crippen molar-refractivity contribution < 1.29 is 0 Å². The van der Waals surface area contributed by atoms with Crippen molar-refractivity contribution in [2.45, 2.75) is 348 Å². The fourth-order valence-corrected chi connectivity index (χ4v) is 13.7. The Hall–Kier alpha value is -7.02. The summed E-state index contributed by atoms with van der Waals surface area (Å²) in [5.74, 6) is 6.33. The van der Waals surface area contributed by atoms with Gasteiger partial charge in [0.05, 0.1) is 0 Å². The standard InChI is InChI=1S/C16H26.C14H22.2C13H20.C12H18.C11H16.C10H14.C9H12.C8H10/c1-10(2)14-8-15(11(3)4)13(7)16(9-14)12(5)6;1-9(2)13-7-11(5)8-14(10(3)4)12(13)6;1-9(2)12-7-6-11(5)13(8-12)10(3)4;1-9(2)12-7-6-8-13(10(3)4)11(12)5;1-9-6-7-10(2)11(8-9)12(3,4)5;1-8(2)11-7-9(3)5-6-10(11)4;1-7-5-8(2)10(4)9(3)6-7;1-7-4-5-8(2)9(3)6-7;1-7-3-5-8(2)6-4-7/h8-12H,1-7H3;7-10H,1-6H3;2*6-10H,1-5H3;6-8H,1-5H3;5-8H,1-4H3;5-6H,1-4H3;4-6H,1-3H3;3-6H,1-2H3. The van der Waals surface area contributed by atoms with Crippen molar-refractivity contribution in [3.8, 4) is 0 Å². The van der Waals surface area contributed by atoms with E-state index in [1.807, 2.05) is 0 Å². The summed E-state index contributed by atoms with van der Waals surface area (Å²) in [6.07, 6.45) is 0. The Morgan fingerprint density at radius 1 is 0.179 bits per heavy atom. The molecule has 0 fully saturated rings. The van der Waals surface area contributed by atoms with Gasteiger partial charge in [-0.05, 0) is 312 Å². The van der Waals surface area contributed by atoms with Gasteiger partial charge in [0.2, 0.25) is 0 Å². The van der Waals surface area contributed by atoms with Crippen molar-refractivity contribution in [1.82, 2.24) is 0 Å². The lowest BCUT2D eigenvalue weighted by Crippen LogP contribution is -2.13. The second kappa shape index (κ2) is 46.4. The van der Waals surface area contributed by atoms with Gasteiger partial charge in [0, 0.05) is 0 Å². The summed E-state index contributed by atoms with van der Waals surface area (Å²) < 4.78 is 0. The monoisotopic (exact) mass is 1430 g/mol. The molecule has 0 saturated heterocycles. The first-order chi connectivity index (χ1) is 48.9. The molecule has 9 rings (SSSR count). The van der Waals surface area contributed by atoms with E-state index < -0.39 is 0 Å². The molecule has 9 aromatic rings. The maximum Gasteiger partial charge on any atom is -0.0129 e. The van der Waals surface area contributed by atoms with E-state index in [4.69, 9.17) is 0 Å². The molecule has 0 radical (unpaired) electrons. The molecule has 0 aliphatic heterocycles. The minimum absolute atomic E-state index is 0.274. The summed E-state index contributed by atoms with van der Waals surface area (Å²) >= 11 is 0. The Morgan fingerprint density at radius 3 is 0.764 bits per heavy atom. The summed E-state index contributed by atoms with van der Waals surface area (Å²) in [7, 11) is 0. The van der Waals surface area contributed by atoms with Crippen LogP contribution in [0.4, 0.5) is 0 Å². The minimum Gasteiger partial charge on any atom is -0.0617 e. The molecule has 0 atom stereocenters. The molecular formula is C106H158. The van der Waals surface area contributed by atoms with Gasteiger partial charge in [-0.1, -0.05) is 350 Å². The molecule has 0 bridgehead atoms. The summed E-state index contributed by atoms with van der Waals surface area (Å²) in [4.78, 5) is 0. The smallest absolute Gasteiger partial charge is 0.0129 e. The van der Waals surface area contributed by atoms with Crippen LogP contribution in [0.2, 0.25) is 0 Å². The number of hydrogen-bond donors (Lipinski definition) is 0. The maximum absolute atomic E-state index is 2.40. The molecule has 0 aliphatic rings. The molecule has 0 aliphatic carbocycles. The molecule has 0 heteroatoms. The molecule has 9 aromatic carbocycles. The molecule has 0 nitrogen and oxygen atoms in total. The van der Waals surface area contributed by atoms with E-state index >= 15 is 0 Å². The summed E-state index contributed by atoms with van der Waals surface area (Å²) in [5, 5.41) is 0. The van der Waals surface area contributed by atoms with Gasteiger partial charge in [0.1, 0.15) is 0 Å². The van der Waals surface area contributed by atoms with E-state index in [1.165, 1.54) is 161 Å². The van der Waals surface area contributed by atoms with Crippen molar-refractivity contribution >= 4 is 0 Å². The zero-order chi connectivity index (χ0) is 81.7. The first-order valence-corrected chi connectivity index (χ1v) is 40.7. The van der Waals surface area contributed by atoms with Crippen molar-refractivity contribution in [2.24, 2.45) is 0 Å². The van der Waals surface area contributed by atoms with Crippen LogP contribution in [-0.4, -0.2) is 0 Å². The Morgan fingerprint density at radius 2 is 0.443 bits per heavy atom. The largest absolute Gasteiger partial charge is 0.0617 e. The highest BCUT2D eigenvalue weighted by molar-refractivity contribution is 5.45. The average molecular weight is 1430 g/mol. The third-order valence-corrected chi connectivity index (χ3v) is 20.8. The van der Waals surface area contributed by atoms with Gasteiger partial charge in [0.25, 0.3) is 0 Å². The normalized spacial score (nSPS) is 11.0. The molecule has 0 saturated carbocycles. The van der Waals surface area contributed by atoms with Crippen LogP contribution in [0.5, 0.6) is 0 Å². The van der Waals surface area contributed by atoms with Crippen molar-refractivity contribution in [3.63, 3.8) is 0 Å². The lowest BCUT2D eigenvalue weighted by Gasteiger charge is -2.22. The molecule has 0 unspecified atom stereocenters. The zero-order valence-electron chi connectivity index (χ0n) is 76.2. The number of benzene rings is 9. The van der Waals surface area contributed by atoms with E-state index in [0.717, 1.165) is 0 Å². The fourth-order valence-electron chi connectivity index (χ4n) is 13.7. The Labute approximate surface area is 657 Å². The van der Waals surface area contributed by atoms with Crippen molar-refractivity contribution in [3.05, 3.63) is 313 Å². The summed E-state index contributed by atoms with van der Waals surface area (Å²) in [5.41, 5.74) is 41.8. The molecule has 0 spiro atoms. The number of rotatable bonds is 10. The van der Waals surface area contributed by atoms with Crippen LogP contribution in [0.3, 0.4) is 0 Å². The predicted octanol–water partition coefficient (Wildman–Crippen LogP) is 33.3. The highest BCUT2D eigenvalue weighted by Crippen LogP contribution is 2.34. The van der Waals surface area contributed by atoms with E-state index in [2.05, 4.69) is 436 Å². The Bertz CT molecular complexity index is 3910. The Kier molecular flexibility index (Phi) is 42.4. The second-order valence-electron chi connectivity index (χ2n) is 35.3. The van der Waals surface area contributed by atoms with Crippen LogP contribution in [0, 0.1) is 125 Å². The first kappa shape index (κ1) is 97.0. The molecule has 0 heterocycles. The van der Waals surface area contributed by atoms with Gasteiger partial charge < -0.3 is 0 Å². The molecule has 0 aromatic heterocycles.